The molecule has 1 fully saturated rings. The maximum atomic E-state index is 13.0. The molecule has 4 rings (SSSR count). The van der Waals surface area contributed by atoms with Crippen LogP contribution in [0.4, 0.5) is 4.79 Å². The Morgan fingerprint density at radius 1 is 0.966 bits per heavy atom. The zero-order valence-electron chi connectivity index (χ0n) is 16.3. The number of rotatable bonds is 5. The molecule has 1 saturated heterocycles. The number of hydrogen-bond acceptors (Lipinski definition) is 4. The Bertz CT molecular complexity index is 1110. The topological polar surface area (TPSA) is 46.6 Å². The normalized spacial score (nSPS) is 15.7. The maximum absolute atomic E-state index is 13.0. The van der Waals surface area contributed by atoms with Crippen molar-refractivity contribution in [3.05, 3.63) is 82.8 Å². The van der Waals surface area contributed by atoms with Gasteiger partial charge >= 0.3 is 0 Å². The third-order valence-corrected chi connectivity index (χ3v) is 5.53. The van der Waals surface area contributed by atoms with E-state index in [9.17, 15) is 9.59 Å². The predicted octanol–water partition coefficient (Wildman–Crippen LogP) is 5.86. The fourth-order valence-electron chi connectivity index (χ4n) is 3.31. The first kappa shape index (κ1) is 19.3. The first-order valence-electron chi connectivity index (χ1n) is 9.50. The molecule has 0 spiro atoms. The van der Waals surface area contributed by atoms with E-state index in [1.54, 1.807) is 6.08 Å². The minimum absolute atomic E-state index is 0.00328. The number of amides is 2. The Morgan fingerprint density at radius 3 is 2.45 bits per heavy atom. The van der Waals surface area contributed by atoms with Gasteiger partial charge in [0.05, 0.1) is 17.6 Å². The molecule has 29 heavy (non-hydrogen) atoms. The van der Waals surface area contributed by atoms with Gasteiger partial charge in [-0.2, -0.15) is 0 Å². The van der Waals surface area contributed by atoms with E-state index in [1.165, 1.54) is 4.90 Å². The van der Waals surface area contributed by atoms with E-state index in [2.05, 4.69) is 0 Å². The first-order valence-corrected chi connectivity index (χ1v) is 10.3. The molecule has 1 aliphatic heterocycles. The summed E-state index contributed by atoms with van der Waals surface area (Å²) in [5.41, 5.74) is 1.74. The summed E-state index contributed by atoms with van der Waals surface area (Å²) in [6.07, 6.45) is 1.78. The van der Waals surface area contributed by atoms with Crippen molar-refractivity contribution in [3.8, 4) is 5.75 Å². The van der Waals surface area contributed by atoms with Gasteiger partial charge in [-0.15, -0.1) is 0 Å². The van der Waals surface area contributed by atoms with Crippen molar-refractivity contribution in [2.24, 2.45) is 0 Å². The van der Waals surface area contributed by atoms with Crippen LogP contribution in [0.2, 0.25) is 0 Å². The lowest BCUT2D eigenvalue weighted by molar-refractivity contribution is -0.123. The van der Waals surface area contributed by atoms with Crippen molar-refractivity contribution >= 4 is 39.8 Å². The van der Waals surface area contributed by atoms with E-state index in [0.717, 1.165) is 33.7 Å². The zero-order chi connectivity index (χ0) is 20.4. The molecule has 5 heteroatoms. The van der Waals surface area contributed by atoms with Crippen molar-refractivity contribution < 1.29 is 14.3 Å². The Kier molecular flexibility index (Phi) is 5.41. The SMILES string of the molecule is CC(C)Oc1ccc2ccccc2c1/C=C1\SC(=O)N(Cc2ccccc2)C1=O. The quantitative estimate of drug-likeness (QED) is 0.500. The van der Waals surface area contributed by atoms with E-state index in [1.807, 2.05) is 80.6 Å². The molecule has 3 aromatic rings. The van der Waals surface area contributed by atoms with Crippen LogP contribution in [0.1, 0.15) is 25.0 Å². The molecule has 0 aromatic heterocycles. The molecular weight excluding hydrogens is 382 g/mol. The number of carbonyl (C=O) groups is 2. The summed E-state index contributed by atoms with van der Waals surface area (Å²) >= 11 is 0.975. The van der Waals surface area contributed by atoms with Crippen molar-refractivity contribution in [3.63, 3.8) is 0 Å². The van der Waals surface area contributed by atoms with E-state index in [4.69, 9.17) is 4.74 Å². The highest BCUT2D eigenvalue weighted by atomic mass is 32.2. The number of ether oxygens (including phenoxy) is 1. The first-order chi connectivity index (χ1) is 14.0. The van der Waals surface area contributed by atoms with Crippen LogP contribution in [0.3, 0.4) is 0 Å². The van der Waals surface area contributed by atoms with Crippen molar-refractivity contribution in [2.45, 2.75) is 26.5 Å². The molecule has 0 N–H and O–H groups in total. The molecule has 0 bridgehead atoms. The molecule has 0 radical (unpaired) electrons. The fraction of sp³-hybridized carbons (Fsp3) is 0.167. The van der Waals surface area contributed by atoms with Crippen LogP contribution in [0, 0.1) is 0 Å². The van der Waals surface area contributed by atoms with Crippen LogP contribution >= 0.6 is 11.8 Å². The third-order valence-electron chi connectivity index (χ3n) is 4.63. The number of imide groups is 1. The van der Waals surface area contributed by atoms with Crippen LogP contribution < -0.4 is 4.74 Å². The largest absolute Gasteiger partial charge is 0.490 e. The van der Waals surface area contributed by atoms with Crippen LogP contribution in [-0.4, -0.2) is 22.2 Å². The molecule has 3 aromatic carbocycles. The van der Waals surface area contributed by atoms with Gasteiger partial charge in [0.25, 0.3) is 11.1 Å². The molecule has 0 unspecified atom stereocenters. The van der Waals surface area contributed by atoms with Gasteiger partial charge in [-0.05, 0) is 54.1 Å². The minimum Gasteiger partial charge on any atom is -0.490 e. The number of hydrogen-bond donors (Lipinski definition) is 0. The van der Waals surface area contributed by atoms with Crippen molar-refractivity contribution in [1.29, 1.82) is 0 Å². The monoisotopic (exact) mass is 403 g/mol. The van der Waals surface area contributed by atoms with Crippen molar-refractivity contribution in [2.75, 3.05) is 0 Å². The van der Waals surface area contributed by atoms with Gasteiger partial charge in [0.1, 0.15) is 5.75 Å². The smallest absolute Gasteiger partial charge is 0.293 e. The predicted molar refractivity (Wildman–Crippen MR) is 118 cm³/mol. The molecule has 0 saturated carbocycles. The van der Waals surface area contributed by atoms with Crippen LogP contribution in [0.25, 0.3) is 16.8 Å². The summed E-state index contributed by atoms with van der Waals surface area (Å²) in [5.74, 6) is 0.431. The molecule has 1 heterocycles. The van der Waals surface area contributed by atoms with E-state index in [-0.39, 0.29) is 23.8 Å². The Hall–Kier alpha value is -3.05. The summed E-state index contributed by atoms with van der Waals surface area (Å²) in [5, 5.41) is 1.79. The van der Waals surface area contributed by atoms with E-state index >= 15 is 0 Å². The van der Waals surface area contributed by atoms with Crippen LogP contribution in [-0.2, 0) is 11.3 Å². The Labute approximate surface area is 174 Å². The van der Waals surface area contributed by atoms with Crippen LogP contribution in [0.15, 0.2) is 71.6 Å². The maximum Gasteiger partial charge on any atom is 0.293 e. The number of fused-ring (bicyclic) bond motifs is 1. The van der Waals surface area contributed by atoms with Gasteiger partial charge in [-0.25, -0.2) is 0 Å². The molecule has 0 atom stereocenters. The molecule has 2 amide bonds. The number of thioether (sulfide) groups is 1. The number of benzene rings is 3. The third kappa shape index (κ3) is 4.05. The van der Waals surface area contributed by atoms with Gasteiger partial charge in [-0.1, -0.05) is 60.7 Å². The summed E-state index contributed by atoms with van der Waals surface area (Å²) in [7, 11) is 0. The van der Waals surface area contributed by atoms with Gasteiger partial charge in [-0.3, -0.25) is 14.5 Å². The zero-order valence-corrected chi connectivity index (χ0v) is 17.1. The molecule has 0 aliphatic carbocycles. The highest BCUT2D eigenvalue weighted by molar-refractivity contribution is 8.18. The lowest BCUT2D eigenvalue weighted by Crippen LogP contribution is -2.27. The lowest BCUT2D eigenvalue weighted by Gasteiger charge is -2.15. The van der Waals surface area contributed by atoms with Crippen LogP contribution in [0.5, 0.6) is 5.75 Å². The summed E-state index contributed by atoms with van der Waals surface area (Å²) in [4.78, 5) is 27.2. The highest BCUT2D eigenvalue weighted by Crippen LogP contribution is 2.37. The van der Waals surface area contributed by atoms with Crippen molar-refractivity contribution in [1.82, 2.24) is 4.90 Å². The second kappa shape index (κ2) is 8.13. The molecule has 146 valence electrons. The average Bonchev–Trinajstić information content (AvgIpc) is 2.97. The van der Waals surface area contributed by atoms with E-state index in [0.29, 0.717) is 10.7 Å². The minimum atomic E-state index is -0.271. The Balaban J connectivity index is 1.73. The highest BCUT2D eigenvalue weighted by Gasteiger charge is 2.35. The standard InChI is InChI=1S/C24H21NO3S/c1-16(2)28-21-13-12-18-10-6-7-11-19(18)20(21)14-22-23(26)25(24(27)29-22)15-17-8-4-3-5-9-17/h3-14,16H,15H2,1-2H3/b22-14-. The number of carbonyl (C=O) groups excluding carboxylic acids is 2. The second-order valence-corrected chi connectivity index (χ2v) is 8.11. The molecule has 4 nitrogen and oxygen atoms in total. The Morgan fingerprint density at radius 2 is 1.69 bits per heavy atom. The summed E-state index contributed by atoms with van der Waals surface area (Å²) < 4.78 is 5.98. The fourth-order valence-corrected chi connectivity index (χ4v) is 4.13. The van der Waals surface area contributed by atoms with Gasteiger partial charge in [0.15, 0.2) is 0 Å². The van der Waals surface area contributed by atoms with Gasteiger partial charge < -0.3 is 4.74 Å². The average molecular weight is 404 g/mol. The molecular formula is C24H21NO3S. The summed E-state index contributed by atoms with van der Waals surface area (Å²) in [6.45, 7) is 4.20. The lowest BCUT2D eigenvalue weighted by atomic mass is 10.0. The second-order valence-electron chi connectivity index (χ2n) is 7.12. The van der Waals surface area contributed by atoms with E-state index < -0.39 is 0 Å². The van der Waals surface area contributed by atoms with Gasteiger partial charge in [0.2, 0.25) is 0 Å². The summed E-state index contributed by atoms with van der Waals surface area (Å²) in [6, 6.07) is 21.4. The van der Waals surface area contributed by atoms with Gasteiger partial charge in [0, 0.05) is 5.56 Å². The number of nitrogens with zero attached hydrogens (tertiary/aromatic N) is 1. The molecule has 1 aliphatic rings.